The number of Topliss-reactive ketones (excluding diaryl/α,β-unsaturated/α-hetero) is 1. The Labute approximate surface area is 156 Å². The average molecular weight is 375 g/mol. The van der Waals surface area contributed by atoms with Gasteiger partial charge in [0.1, 0.15) is 0 Å². The van der Waals surface area contributed by atoms with Crippen LogP contribution in [0.4, 0.5) is 0 Å². The number of fused-ring (bicyclic) bond motifs is 1. The van der Waals surface area contributed by atoms with E-state index in [1.165, 1.54) is 27.5 Å². The number of thiophene rings is 2. The van der Waals surface area contributed by atoms with Crippen molar-refractivity contribution in [3.05, 3.63) is 43.8 Å². The Hall–Kier alpha value is -1.50. The number of hydrogen-bond donors (Lipinski definition) is 0. The molecule has 4 rings (SSSR count). The molecule has 2 aromatic rings. The van der Waals surface area contributed by atoms with Gasteiger partial charge in [0.05, 0.1) is 9.75 Å². The van der Waals surface area contributed by atoms with Crippen LogP contribution in [0.15, 0.2) is 24.3 Å². The quantitative estimate of drug-likeness (QED) is 0.767. The van der Waals surface area contributed by atoms with E-state index in [9.17, 15) is 9.59 Å². The molecule has 0 spiro atoms. The Morgan fingerprint density at radius 1 is 1.12 bits per heavy atom. The monoisotopic (exact) mass is 374 g/mol. The van der Waals surface area contributed by atoms with E-state index in [-0.39, 0.29) is 11.7 Å². The second-order valence-corrected chi connectivity index (χ2v) is 9.49. The van der Waals surface area contributed by atoms with Crippen LogP contribution in [-0.4, -0.2) is 47.2 Å². The summed E-state index contributed by atoms with van der Waals surface area (Å²) in [5, 5.41) is 0. The number of rotatable bonds is 4. The molecule has 0 N–H and O–H groups in total. The molecule has 0 aromatic carbocycles. The largest absolute Gasteiger partial charge is 0.336 e. The van der Waals surface area contributed by atoms with E-state index in [2.05, 4.69) is 24.0 Å². The summed E-state index contributed by atoms with van der Waals surface area (Å²) in [6.07, 6.45) is 1.17. The molecular formula is C19H22N2O2S2. The zero-order valence-corrected chi connectivity index (χ0v) is 16.2. The van der Waals surface area contributed by atoms with Crippen LogP contribution in [0.25, 0.3) is 0 Å². The highest BCUT2D eigenvalue weighted by Gasteiger charge is 2.43. The predicted octanol–water partition coefficient (Wildman–Crippen LogP) is 3.67. The summed E-state index contributed by atoms with van der Waals surface area (Å²) in [4.78, 5) is 32.9. The Balaban J connectivity index is 1.43. The van der Waals surface area contributed by atoms with Gasteiger partial charge in [-0.15, -0.1) is 22.7 Å². The zero-order valence-electron chi connectivity index (χ0n) is 14.5. The highest BCUT2D eigenvalue weighted by atomic mass is 32.1. The maximum Gasteiger partial charge on any atom is 0.264 e. The van der Waals surface area contributed by atoms with E-state index in [0.29, 0.717) is 21.7 Å². The first-order valence-electron chi connectivity index (χ1n) is 8.70. The molecule has 4 nitrogen and oxygen atoms in total. The number of carbonyl (C=O) groups is 2. The molecule has 2 atom stereocenters. The number of likely N-dealkylation sites (tertiary alicyclic amines) is 2. The van der Waals surface area contributed by atoms with E-state index in [1.54, 1.807) is 19.1 Å². The van der Waals surface area contributed by atoms with E-state index in [1.807, 2.05) is 16.2 Å². The number of carbonyl (C=O) groups excluding carboxylic acids is 2. The van der Waals surface area contributed by atoms with Gasteiger partial charge in [0, 0.05) is 35.4 Å². The van der Waals surface area contributed by atoms with E-state index in [4.69, 9.17) is 0 Å². The normalized spacial score (nSPS) is 23.2. The first kappa shape index (κ1) is 16.9. The molecule has 25 heavy (non-hydrogen) atoms. The predicted molar refractivity (Wildman–Crippen MR) is 102 cm³/mol. The molecule has 6 heteroatoms. The summed E-state index contributed by atoms with van der Waals surface area (Å²) >= 11 is 3.18. The lowest BCUT2D eigenvalue weighted by Gasteiger charge is -2.24. The van der Waals surface area contributed by atoms with Gasteiger partial charge >= 0.3 is 0 Å². The molecule has 4 heterocycles. The topological polar surface area (TPSA) is 40.6 Å². The van der Waals surface area contributed by atoms with Gasteiger partial charge < -0.3 is 4.90 Å². The summed E-state index contributed by atoms with van der Waals surface area (Å²) in [6, 6.07) is 8.44. The maximum atomic E-state index is 12.8. The first-order valence-corrected chi connectivity index (χ1v) is 10.3. The third kappa shape index (κ3) is 3.30. The summed E-state index contributed by atoms with van der Waals surface area (Å²) in [6.45, 7) is 7.46. The van der Waals surface area contributed by atoms with Gasteiger partial charge in [-0.25, -0.2) is 0 Å². The lowest BCUT2D eigenvalue weighted by molar-refractivity contribution is 0.0775. The van der Waals surface area contributed by atoms with Crippen molar-refractivity contribution < 1.29 is 9.59 Å². The van der Waals surface area contributed by atoms with Crippen molar-refractivity contribution >= 4 is 34.4 Å². The van der Waals surface area contributed by atoms with Crippen LogP contribution in [0, 0.1) is 12.8 Å². The molecule has 0 saturated carbocycles. The molecule has 2 aromatic heterocycles. The maximum absolute atomic E-state index is 12.8. The Morgan fingerprint density at radius 2 is 1.92 bits per heavy atom. The SMILES string of the molecule is CC(=O)c1ccc(C(=O)N2C[C@@H]3CCN(Cc4ccc(C)s4)[C@@H]3C2)s1. The Bertz CT molecular complexity index is 810. The van der Waals surface area contributed by atoms with Crippen molar-refractivity contribution in [2.45, 2.75) is 32.9 Å². The fourth-order valence-electron chi connectivity index (χ4n) is 3.98. The van der Waals surface area contributed by atoms with Gasteiger partial charge in [-0.3, -0.25) is 14.5 Å². The summed E-state index contributed by atoms with van der Waals surface area (Å²) in [7, 11) is 0. The van der Waals surface area contributed by atoms with Crippen molar-refractivity contribution in [1.82, 2.24) is 9.80 Å². The molecule has 0 radical (unpaired) electrons. The molecule has 1 amide bonds. The van der Waals surface area contributed by atoms with Crippen LogP contribution in [0.2, 0.25) is 0 Å². The second kappa shape index (κ2) is 6.67. The number of nitrogens with zero attached hydrogens (tertiary/aromatic N) is 2. The standard InChI is InChI=1S/C19H22N2O2S2/c1-12-3-4-15(24-12)10-20-8-7-14-9-21(11-16(14)20)19(23)18-6-5-17(25-18)13(2)22/h3-6,14,16H,7-11H2,1-2H3/t14-,16+/m0/s1. The Morgan fingerprint density at radius 3 is 2.60 bits per heavy atom. The molecule has 2 aliphatic rings. The Kier molecular flexibility index (Phi) is 4.52. The molecule has 132 valence electrons. The zero-order chi connectivity index (χ0) is 17.6. The summed E-state index contributed by atoms with van der Waals surface area (Å²) < 4.78 is 0. The molecule has 0 unspecified atom stereocenters. The highest BCUT2D eigenvalue weighted by Crippen LogP contribution is 2.34. The molecule has 0 bridgehead atoms. The van der Waals surface area contributed by atoms with Crippen LogP contribution >= 0.6 is 22.7 Å². The van der Waals surface area contributed by atoms with Gasteiger partial charge in [0.25, 0.3) is 5.91 Å². The van der Waals surface area contributed by atoms with E-state index in [0.717, 1.165) is 26.2 Å². The van der Waals surface area contributed by atoms with Crippen LogP contribution in [0.5, 0.6) is 0 Å². The van der Waals surface area contributed by atoms with Crippen molar-refractivity contribution in [3.8, 4) is 0 Å². The minimum absolute atomic E-state index is 0.0276. The van der Waals surface area contributed by atoms with Crippen molar-refractivity contribution in [2.24, 2.45) is 5.92 Å². The number of amides is 1. The van der Waals surface area contributed by atoms with Crippen LogP contribution in [0.1, 0.15) is 42.4 Å². The van der Waals surface area contributed by atoms with Gasteiger partial charge in [0.15, 0.2) is 5.78 Å². The van der Waals surface area contributed by atoms with Gasteiger partial charge in [-0.1, -0.05) is 0 Å². The van der Waals surface area contributed by atoms with Crippen LogP contribution in [0.3, 0.4) is 0 Å². The minimum Gasteiger partial charge on any atom is -0.336 e. The summed E-state index contributed by atoms with van der Waals surface area (Å²) in [5.74, 6) is 0.691. The summed E-state index contributed by atoms with van der Waals surface area (Å²) in [5.41, 5.74) is 0. The molecule has 2 fully saturated rings. The van der Waals surface area contributed by atoms with Gasteiger partial charge in [0.2, 0.25) is 0 Å². The molecule has 2 saturated heterocycles. The molecular weight excluding hydrogens is 352 g/mol. The van der Waals surface area contributed by atoms with E-state index < -0.39 is 0 Å². The molecule has 2 aliphatic heterocycles. The third-order valence-corrected chi connectivity index (χ3v) is 7.43. The second-order valence-electron chi connectivity index (χ2n) is 7.03. The third-order valence-electron chi connectivity index (χ3n) is 5.27. The fraction of sp³-hybridized carbons (Fsp3) is 0.474. The first-order chi connectivity index (χ1) is 12.0. The lowest BCUT2D eigenvalue weighted by Crippen LogP contribution is -2.36. The van der Waals surface area contributed by atoms with Crippen molar-refractivity contribution in [1.29, 1.82) is 0 Å². The van der Waals surface area contributed by atoms with Crippen LogP contribution in [-0.2, 0) is 6.54 Å². The lowest BCUT2D eigenvalue weighted by atomic mass is 10.1. The number of ketones is 1. The number of hydrogen-bond acceptors (Lipinski definition) is 5. The van der Waals surface area contributed by atoms with Crippen LogP contribution < -0.4 is 0 Å². The van der Waals surface area contributed by atoms with Crippen molar-refractivity contribution in [3.63, 3.8) is 0 Å². The smallest absolute Gasteiger partial charge is 0.264 e. The highest BCUT2D eigenvalue weighted by molar-refractivity contribution is 7.16. The van der Waals surface area contributed by atoms with Crippen molar-refractivity contribution in [2.75, 3.05) is 19.6 Å². The minimum atomic E-state index is 0.0276. The molecule has 0 aliphatic carbocycles. The van der Waals surface area contributed by atoms with Gasteiger partial charge in [-0.2, -0.15) is 0 Å². The van der Waals surface area contributed by atoms with Gasteiger partial charge in [-0.05, 0) is 57.0 Å². The van der Waals surface area contributed by atoms with E-state index >= 15 is 0 Å². The number of aryl methyl sites for hydroxylation is 1. The fourth-order valence-corrected chi connectivity index (χ4v) is 5.76. The average Bonchev–Trinajstić information content (AvgIpc) is 3.32.